The number of hydrogen-bond acceptors (Lipinski definition) is 3. The minimum Gasteiger partial charge on any atom is -0.332 e. The molecule has 5 heteroatoms. The van der Waals surface area contributed by atoms with E-state index in [1.807, 2.05) is 0 Å². The topological polar surface area (TPSA) is 37.0 Å². The van der Waals surface area contributed by atoms with Crippen molar-refractivity contribution in [3.8, 4) is 0 Å². The molecule has 0 atom stereocenters. The second-order valence-electron chi connectivity index (χ2n) is 5.95. The summed E-state index contributed by atoms with van der Waals surface area (Å²) >= 11 is 7.12. The van der Waals surface area contributed by atoms with Crippen LogP contribution in [-0.2, 0) is 12.8 Å². The van der Waals surface area contributed by atoms with E-state index >= 15 is 0 Å². The molecule has 0 fully saturated rings. The molecule has 3 nitrogen and oxygen atoms in total. The normalized spacial score (nSPS) is 13.8. The molecule has 1 aliphatic rings. The average molecular weight is 332 g/mol. The summed E-state index contributed by atoms with van der Waals surface area (Å²) in [7, 11) is 0. The molecule has 1 aromatic heterocycles. The van der Waals surface area contributed by atoms with Crippen molar-refractivity contribution < 1.29 is 0 Å². The molecular weight excluding hydrogens is 310 g/mol. The number of fused-ring (bicyclic) bond motifs is 1. The van der Waals surface area contributed by atoms with Gasteiger partial charge in [0.15, 0.2) is 10.2 Å². The number of nitrogens with zero attached hydrogens (tertiary/aromatic N) is 1. The molecule has 0 spiro atoms. The van der Waals surface area contributed by atoms with Crippen molar-refractivity contribution in [2.24, 2.45) is 0 Å². The van der Waals surface area contributed by atoms with Gasteiger partial charge in [-0.15, -0.1) is 11.3 Å². The van der Waals surface area contributed by atoms with Gasteiger partial charge in [-0.1, -0.05) is 26.0 Å². The smallest absolute Gasteiger partial charge is 0.189 e. The average Bonchev–Trinajstić information content (AvgIpc) is 2.89. The highest BCUT2D eigenvalue weighted by Gasteiger charge is 2.15. The first-order valence-corrected chi connectivity index (χ1v) is 9.01. The molecule has 0 saturated heterocycles. The minimum absolute atomic E-state index is 0.542. The molecular formula is C17H21N3S2. The van der Waals surface area contributed by atoms with Gasteiger partial charge in [0.05, 0.1) is 5.69 Å². The second kappa shape index (κ2) is 6.75. The van der Waals surface area contributed by atoms with E-state index in [0.29, 0.717) is 11.0 Å². The number of anilines is 2. The lowest BCUT2D eigenvalue weighted by Gasteiger charge is -2.10. The van der Waals surface area contributed by atoms with Gasteiger partial charge in [-0.05, 0) is 61.5 Å². The van der Waals surface area contributed by atoms with Crippen molar-refractivity contribution >= 4 is 39.5 Å². The molecule has 0 amide bonds. The lowest BCUT2D eigenvalue weighted by atomic mass is 10.0. The Bertz CT molecular complexity index is 636. The number of rotatable bonds is 3. The molecule has 116 valence electrons. The quantitative estimate of drug-likeness (QED) is 0.780. The van der Waals surface area contributed by atoms with E-state index in [4.69, 9.17) is 12.2 Å². The fraction of sp³-hybridized carbons (Fsp3) is 0.412. The van der Waals surface area contributed by atoms with Gasteiger partial charge >= 0.3 is 0 Å². The zero-order chi connectivity index (χ0) is 15.5. The van der Waals surface area contributed by atoms with Gasteiger partial charge in [-0.3, -0.25) is 0 Å². The van der Waals surface area contributed by atoms with Gasteiger partial charge in [0.2, 0.25) is 0 Å². The molecule has 22 heavy (non-hydrogen) atoms. The van der Waals surface area contributed by atoms with E-state index in [9.17, 15) is 0 Å². The maximum absolute atomic E-state index is 5.39. The summed E-state index contributed by atoms with van der Waals surface area (Å²) in [5, 5.41) is 7.94. The third-order valence-corrected chi connectivity index (χ3v) is 5.18. The molecule has 0 radical (unpaired) electrons. The molecule has 2 aromatic rings. The number of thiazole rings is 1. The molecule has 0 bridgehead atoms. The molecule has 1 heterocycles. The summed E-state index contributed by atoms with van der Waals surface area (Å²) in [6, 6.07) is 8.40. The Balaban J connectivity index is 1.61. The van der Waals surface area contributed by atoms with Crippen LogP contribution in [0.4, 0.5) is 10.8 Å². The Morgan fingerprint density at radius 2 is 1.86 bits per heavy atom. The fourth-order valence-electron chi connectivity index (χ4n) is 2.62. The highest BCUT2D eigenvalue weighted by atomic mass is 32.1. The standard InChI is InChI=1S/C17H21N3S2/c1-11(2)12-7-9-13(10-8-12)18-16(21)20-17-19-14-5-3-4-6-15(14)22-17/h7-11H,3-6H2,1-2H3,(H2,18,19,20,21). The number of thiocarbonyl (C=S) groups is 1. The maximum Gasteiger partial charge on any atom is 0.189 e. The summed E-state index contributed by atoms with van der Waals surface area (Å²) < 4.78 is 0. The van der Waals surface area contributed by atoms with Crippen LogP contribution in [0.2, 0.25) is 0 Å². The SMILES string of the molecule is CC(C)c1ccc(NC(=S)Nc2nc3c(s2)CCCC3)cc1. The highest BCUT2D eigenvalue weighted by Crippen LogP contribution is 2.29. The molecule has 0 aliphatic heterocycles. The first kappa shape index (κ1) is 15.4. The van der Waals surface area contributed by atoms with Crippen LogP contribution < -0.4 is 10.6 Å². The Hall–Kier alpha value is -1.46. The van der Waals surface area contributed by atoms with E-state index in [-0.39, 0.29) is 0 Å². The van der Waals surface area contributed by atoms with Crippen LogP contribution in [0.1, 0.15) is 48.7 Å². The van der Waals surface area contributed by atoms with Crippen molar-refractivity contribution in [2.75, 3.05) is 10.6 Å². The Kier molecular flexibility index (Phi) is 4.74. The molecule has 3 rings (SSSR count). The number of hydrogen-bond donors (Lipinski definition) is 2. The predicted molar refractivity (Wildman–Crippen MR) is 99.1 cm³/mol. The summed E-state index contributed by atoms with van der Waals surface area (Å²) in [5.41, 5.74) is 3.59. The third-order valence-electron chi connectivity index (χ3n) is 3.90. The van der Waals surface area contributed by atoms with E-state index in [0.717, 1.165) is 23.7 Å². The van der Waals surface area contributed by atoms with E-state index < -0.39 is 0 Å². The molecule has 1 aliphatic carbocycles. The molecule has 0 unspecified atom stereocenters. The van der Waals surface area contributed by atoms with Gasteiger partial charge in [0, 0.05) is 10.6 Å². The van der Waals surface area contributed by atoms with Gasteiger partial charge in [-0.25, -0.2) is 4.98 Å². The lowest BCUT2D eigenvalue weighted by molar-refractivity contribution is 0.683. The van der Waals surface area contributed by atoms with Crippen LogP contribution >= 0.6 is 23.6 Å². The first-order chi connectivity index (χ1) is 10.6. The molecule has 2 N–H and O–H groups in total. The van der Waals surface area contributed by atoms with Crippen molar-refractivity contribution in [2.45, 2.75) is 45.4 Å². The summed E-state index contributed by atoms with van der Waals surface area (Å²) in [4.78, 5) is 6.06. The molecule has 1 aromatic carbocycles. The van der Waals surface area contributed by atoms with Gasteiger partial charge in [-0.2, -0.15) is 0 Å². The van der Waals surface area contributed by atoms with Crippen LogP contribution in [0, 0.1) is 0 Å². The summed E-state index contributed by atoms with van der Waals surface area (Å²) in [5.74, 6) is 0.542. The van der Waals surface area contributed by atoms with E-state index in [1.165, 1.54) is 29.0 Å². The van der Waals surface area contributed by atoms with Crippen LogP contribution in [0.3, 0.4) is 0 Å². The number of nitrogens with one attached hydrogen (secondary N) is 2. The Morgan fingerprint density at radius 1 is 1.14 bits per heavy atom. The maximum atomic E-state index is 5.39. The van der Waals surface area contributed by atoms with Crippen LogP contribution in [0.25, 0.3) is 0 Å². The fourth-order valence-corrected chi connectivity index (χ4v) is 3.95. The highest BCUT2D eigenvalue weighted by molar-refractivity contribution is 7.80. The number of aromatic nitrogens is 1. The first-order valence-electron chi connectivity index (χ1n) is 7.78. The largest absolute Gasteiger partial charge is 0.332 e. The number of benzene rings is 1. The van der Waals surface area contributed by atoms with Crippen LogP contribution in [0.5, 0.6) is 0 Å². The summed E-state index contributed by atoms with van der Waals surface area (Å²) in [6.45, 7) is 4.39. The Labute approximate surface area is 141 Å². The summed E-state index contributed by atoms with van der Waals surface area (Å²) in [6.07, 6.45) is 4.79. The van der Waals surface area contributed by atoms with Crippen molar-refractivity contribution in [3.63, 3.8) is 0 Å². The predicted octanol–water partition coefficient (Wildman–Crippen LogP) is 4.95. The third kappa shape index (κ3) is 3.65. The molecule has 0 saturated carbocycles. The van der Waals surface area contributed by atoms with Crippen molar-refractivity contribution in [1.29, 1.82) is 0 Å². The van der Waals surface area contributed by atoms with Gasteiger partial charge in [0.25, 0.3) is 0 Å². The van der Waals surface area contributed by atoms with E-state index in [2.05, 4.69) is 53.7 Å². The van der Waals surface area contributed by atoms with Crippen LogP contribution in [0.15, 0.2) is 24.3 Å². The Morgan fingerprint density at radius 3 is 2.55 bits per heavy atom. The van der Waals surface area contributed by atoms with Gasteiger partial charge in [0.1, 0.15) is 0 Å². The number of aryl methyl sites for hydroxylation is 2. The monoisotopic (exact) mass is 331 g/mol. The lowest BCUT2D eigenvalue weighted by Crippen LogP contribution is -2.18. The second-order valence-corrected chi connectivity index (χ2v) is 7.44. The van der Waals surface area contributed by atoms with E-state index in [1.54, 1.807) is 11.3 Å². The van der Waals surface area contributed by atoms with Gasteiger partial charge < -0.3 is 10.6 Å². The van der Waals surface area contributed by atoms with Crippen molar-refractivity contribution in [3.05, 3.63) is 40.4 Å². The minimum atomic E-state index is 0.542. The van der Waals surface area contributed by atoms with Crippen molar-refractivity contribution in [1.82, 2.24) is 4.98 Å². The zero-order valence-corrected chi connectivity index (χ0v) is 14.6. The van der Waals surface area contributed by atoms with Crippen LogP contribution in [-0.4, -0.2) is 10.1 Å². The zero-order valence-electron chi connectivity index (χ0n) is 13.0.